The van der Waals surface area contributed by atoms with Gasteiger partial charge in [0.15, 0.2) is 0 Å². The minimum absolute atomic E-state index is 0.355. The van der Waals surface area contributed by atoms with Crippen LogP contribution in [-0.4, -0.2) is 68.7 Å². The van der Waals surface area contributed by atoms with Gasteiger partial charge in [-0.2, -0.15) is 0 Å². The Morgan fingerprint density at radius 3 is 1.74 bits per heavy atom. The molecule has 8 rings (SSSR count). The Morgan fingerprint density at radius 2 is 1.14 bits per heavy atom. The van der Waals surface area contributed by atoms with E-state index in [2.05, 4.69) is 48.4 Å². The summed E-state index contributed by atoms with van der Waals surface area (Å²) in [6.45, 7) is 7.47. The van der Waals surface area contributed by atoms with E-state index in [1.165, 1.54) is 22.5 Å². The molecule has 6 atom stereocenters. The van der Waals surface area contributed by atoms with Gasteiger partial charge in [0.05, 0.1) is 19.6 Å². The Labute approximate surface area is 297 Å². The zero-order chi connectivity index (χ0) is 35.2. The standard InChI is InChI=1S/2C20H24N2O2S/c1-14-13-21-11-10-19-20(14)17-12-16(8-9-18(17)22(19)2)25(23,24)15-6-4-3-5-7-15;1-14-12-17-18-13-16(25(23,24)15-6-4-3-5-7-15)8-9-19(18)22(2)20(17)10-11-21-14/h3-9,12,14,19-21H,10-11,13H2,1-2H3;3-9,13-14,17,20-21H,10-12H2,1-2H3/t14?,19-,20-;14?,17-,20-/m11/s1. The number of hydrogen-bond donors (Lipinski definition) is 2. The molecule has 264 valence electrons. The molecule has 2 N–H and O–H groups in total. The van der Waals surface area contributed by atoms with Crippen LogP contribution >= 0.6 is 0 Å². The molecule has 0 aliphatic carbocycles. The van der Waals surface area contributed by atoms with Gasteiger partial charge in [-0.05, 0) is 124 Å². The van der Waals surface area contributed by atoms with Gasteiger partial charge >= 0.3 is 0 Å². The van der Waals surface area contributed by atoms with Crippen LogP contribution in [0.4, 0.5) is 11.4 Å². The third-order valence-corrected chi connectivity index (χ3v) is 14.9. The highest BCUT2D eigenvalue weighted by Crippen LogP contribution is 2.48. The minimum Gasteiger partial charge on any atom is -0.371 e. The third kappa shape index (κ3) is 6.25. The van der Waals surface area contributed by atoms with E-state index < -0.39 is 19.7 Å². The van der Waals surface area contributed by atoms with E-state index in [0.29, 0.717) is 55.5 Å². The van der Waals surface area contributed by atoms with Gasteiger partial charge in [0.2, 0.25) is 19.7 Å². The van der Waals surface area contributed by atoms with Gasteiger partial charge in [-0.25, -0.2) is 16.8 Å². The number of hydrogen-bond acceptors (Lipinski definition) is 8. The summed E-state index contributed by atoms with van der Waals surface area (Å²) in [6, 6.07) is 30.0. The molecule has 0 saturated carbocycles. The molecule has 2 unspecified atom stereocenters. The number of benzene rings is 4. The Balaban J connectivity index is 0.000000157. The molecule has 4 heterocycles. The summed E-state index contributed by atoms with van der Waals surface area (Å²) in [6.07, 6.45) is 3.21. The summed E-state index contributed by atoms with van der Waals surface area (Å²) in [7, 11) is -2.69. The molecular formula is C40H48N4O4S2. The quantitative estimate of drug-likeness (QED) is 0.257. The van der Waals surface area contributed by atoms with E-state index in [9.17, 15) is 16.8 Å². The lowest BCUT2D eigenvalue weighted by Gasteiger charge is -2.27. The second-order valence-corrected chi connectivity index (χ2v) is 18.3. The van der Waals surface area contributed by atoms with Gasteiger partial charge in [-0.1, -0.05) is 43.3 Å². The van der Waals surface area contributed by atoms with Crippen LogP contribution in [0.2, 0.25) is 0 Å². The second kappa shape index (κ2) is 13.8. The van der Waals surface area contributed by atoms with E-state index in [1.807, 2.05) is 36.4 Å². The van der Waals surface area contributed by atoms with Gasteiger partial charge in [0, 0.05) is 55.4 Å². The molecule has 2 saturated heterocycles. The van der Waals surface area contributed by atoms with E-state index in [-0.39, 0.29) is 0 Å². The number of fused-ring (bicyclic) bond motifs is 6. The van der Waals surface area contributed by atoms with Gasteiger partial charge < -0.3 is 20.4 Å². The molecule has 0 radical (unpaired) electrons. The molecule has 2 fully saturated rings. The molecule has 0 bridgehead atoms. The fourth-order valence-electron chi connectivity index (χ4n) is 8.75. The van der Waals surface area contributed by atoms with Crippen LogP contribution in [-0.2, 0) is 19.7 Å². The van der Waals surface area contributed by atoms with E-state index >= 15 is 0 Å². The summed E-state index contributed by atoms with van der Waals surface area (Å²) in [5, 5.41) is 7.05. The summed E-state index contributed by atoms with van der Waals surface area (Å²) in [5.74, 6) is 1.24. The SMILES string of the molecule is CC1CNCC[C@@H]2[C@H]1c1cc(S(=O)(=O)c3ccccc3)ccc1N2C.CC1C[C@@H]2c3cc(S(=O)(=O)c4ccccc4)ccc3N(C)[C@@H]2CCN1. The maximum Gasteiger partial charge on any atom is 0.206 e. The average Bonchev–Trinajstić information content (AvgIpc) is 3.33. The van der Waals surface area contributed by atoms with Gasteiger partial charge in [0.1, 0.15) is 0 Å². The summed E-state index contributed by atoms with van der Waals surface area (Å²) < 4.78 is 52.0. The van der Waals surface area contributed by atoms with Crippen molar-refractivity contribution < 1.29 is 16.8 Å². The van der Waals surface area contributed by atoms with Crippen molar-refractivity contribution in [2.75, 3.05) is 43.5 Å². The maximum absolute atomic E-state index is 13.0. The van der Waals surface area contributed by atoms with E-state index in [1.54, 1.807) is 60.7 Å². The van der Waals surface area contributed by atoms with Crippen LogP contribution in [0.1, 0.15) is 56.1 Å². The predicted molar refractivity (Wildman–Crippen MR) is 200 cm³/mol. The Hall–Kier alpha value is -3.70. The average molecular weight is 713 g/mol. The lowest BCUT2D eigenvalue weighted by Crippen LogP contribution is -2.32. The molecule has 50 heavy (non-hydrogen) atoms. The number of nitrogens with one attached hydrogen (secondary N) is 2. The van der Waals surface area contributed by atoms with Gasteiger partial charge in [0.25, 0.3) is 0 Å². The Kier molecular flexibility index (Phi) is 9.58. The molecule has 0 spiro atoms. The van der Waals surface area contributed by atoms with Crippen LogP contribution < -0.4 is 20.4 Å². The van der Waals surface area contributed by atoms with Crippen molar-refractivity contribution in [3.63, 3.8) is 0 Å². The first-order chi connectivity index (χ1) is 24.0. The number of likely N-dealkylation sites (N-methyl/N-ethyl adjacent to an activating group) is 2. The van der Waals surface area contributed by atoms with Crippen LogP contribution in [0.3, 0.4) is 0 Å². The largest absolute Gasteiger partial charge is 0.371 e. The first kappa shape index (κ1) is 34.7. The zero-order valence-corrected chi connectivity index (χ0v) is 30.9. The van der Waals surface area contributed by atoms with E-state index in [4.69, 9.17) is 0 Å². The van der Waals surface area contributed by atoms with Crippen LogP contribution in [0, 0.1) is 5.92 Å². The molecule has 8 nitrogen and oxygen atoms in total. The predicted octanol–water partition coefficient (Wildman–Crippen LogP) is 6.24. The highest BCUT2D eigenvalue weighted by molar-refractivity contribution is 7.91. The molecular weight excluding hydrogens is 665 g/mol. The van der Waals surface area contributed by atoms with Crippen molar-refractivity contribution in [2.24, 2.45) is 5.92 Å². The molecule has 0 aromatic heterocycles. The van der Waals surface area contributed by atoms with Crippen LogP contribution in [0.25, 0.3) is 0 Å². The van der Waals surface area contributed by atoms with Crippen molar-refractivity contribution in [1.29, 1.82) is 0 Å². The van der Waals surface area contributed by atoms with Crippen molar-refractivity contribution in [1.82, 2.24) is 10.6 Å². The molecule has 4 aliphatic rings. The third-order valence-electron chi connectivity index (χ3n) is 11.4. The lowest BCUT2D eigenvalue weighted by atomic mass is 9.84. The van der Waals surface area contributed by atoms with E-state index in [0.717, 1.165) is 38.9 Å². The normalized spacial score (nSPS) is 26.0. The fourth-order valence-corrected chi connectivity index (χ4v) is 11.4. The van der Waals surface area contributed by atoms with Gasteiger partial charge in [-0.15, -0.1) is 0 Å². The van der Waals surface area contributed by atoms with Gasteiger partial charge in [-0.3, -0.25) is 0 Å². The number of sulfone groups is 2. The molecule has 10 heteroatoms. The molecule has 0 amide bonds. The summed E-state index contributed by atoms with van der Waals surface area (Å²) in [5.41, 5.74) is 4.72. The lowest BCUT2D eigenvalue weighted by molar-refractivity contribution is 0.424. The maximum atomic E-state index is 13.0. The van der Waals surface area contributed by atoms with Crippen LogP contribution in [0.15, 0.2) is 117 Å². The highest BCUT2D eigenvalue weighted by atomic mass is 32.2. The smallest absolute Gasteiger partial charge is 0.206 e. The monoisotopic (exact) mass is 712 g/mol. The number of nitrogens with zero attached hydrogens (tertiary/aromatic N) is 2. The highest BCUT2D eigenvalue weighted by Gasteiger charge is 2.41. The fraction of sp³-hybridized carbons (Fsp3) is 0.400. The number of rotatable bonds is 4. The topological polar surface area (TPSA) is 98.8 Å². The van der Waals surface area contributed by atoms with Crippen molar-refractivity contribution in [3.05, 3.63) is 108 Å². The minimum atomic E-state index is -3.48. The van der Waals surface area contributed by atoms with Crippen molar-refractivity contribution >= 4 is 31.0 Å². The van der Waals surface area contributed by atoms with Crippen LogP contribution in [0.5, 0.6) is 0 Å². The van der Waals surface area contributed by atoms with Crippen molar-refractivity contribution in [2.45, 2.75) is 82.7 Å². The first-order valence-corrected chi connectivity index (χ1v) is 20.7. The zero-order valence-electron chi connectivity index (χ0n) is 29.3. The number of anilines is 2. The van der Waals surface area contributed by atoms with Crippen molar-refractivity contribution in [3.8, 4) is 0 Å². The molecule has 4 aliphatic heterocycles. The summed E-state index contributed by atoms with van der Waals surface area (Å²) in [4.78, 5) is 6.18. The molecule has 4 aromatic rings. The Bertz CT molecular complexity index is 2060. The summed E-state index contributed by atoms with van der Waals surface area (Å²) >= 11 is 0. The second-order valence-electron chi connectivity index (χ2n) is 14.4. The Morgan fingerprint density at radius 1 is 0.620 bits per heavy atom. The molecule has 4 aromatic carbocycles. The first-order valence-electron chi connectivity index (χ1n) is 17.8.